The Hall–Kier alpha value is -1.96. The van der Waals surface area contributed by atoms with Crippen LogP contribution in [0.15, 0.2) is 36.4 Å². The fraction of sp³-hybridized carbons (Fsp3) is 0.606. The minimum Gasteiger partial charge on any atom is -0.410 e. The van der Waals surface area contributed by atoms with E-state index in [2.05, 4.69) is 73.7 Å². The molecular weight excluding hydrogens is 527 g/mol. The number of halogens is 3. The first-order valence-corrected chi connectivity index (χ1v) is 17.5. The lowest BCUT2D eigenvalue weighted by Crippen LogP contribution is -2.44. The Kier molecular flexibility index (Phi) is 7.04. The predicted molar refractivity (Wildman–Crippen MR) is 156 cm³/mol. The van der Waals surface area contributed by atoms with Gasteiger partial charge in [-0.2, -0.15) is 13.2 Å². The van der Waals surface area contributed by atoms with Gasteiger partial charge in [0.2, 0.25) is 0 Å². The summed E-state index contributed by atoms with van der Waals surface area (Å²) in [6.45, 7) is 20.3. The van der Waals surface area contributed by atoms with Crippen molar-refractivity contribution in [2.45, 2.75) is 122 Å². The maximum absolute atomic E-state index is 13.4. The van der Waals surface area contributed by atoms with Gasteiger partial charge < -0.3 is 9.16 Å². The van der Waals surface area contributed by atoms with Gasteiger partial charge in [-0.25, -0.2) is 0 Å². The summed E-state index contributed by atoms with van der Waals surface area (Å²) in [7, 11) is -2.14. The maximum Gasteiger partial charge on any atom is 0.416 e. The van der Waals surface area contributed by atoms with Crippen LogP contribution in [0.2, 0.25) is 18.1 Å². The molecule has 40 heavy (non-hydrogen) atoms. The Morgan fingerprint density at radius 1 is 1.05 bits per heavy atom. The number of hydrogen-bond acceptors (Lipinski definition) is 3. The third-order valence-electron chi connectivity index (χ3n) is 9.50. The van der Waals surface area contributed by atoms with Gasteiger partial charge >= 0.3 is 6.18 Å². The van der Waals surface area contributed by atoms with Crippen molar-refractivity contribution in [3.8, 4) is 0 Å². The topological polar surface area (TPSA) is 31.4 Å². The van der Waals surface area contributed by atoms with E-state index in [1.165, 1.54) is 23.3 Å². The molecule has 1 aromatic carbocycles. The molecule has 7 heteroatoms. The summed E-state index contributed by atoms with van der Waals surface area (Å²) in [6.07, 6.45) is 2.84. The smallest absolute Gasteiger partial charge is 0.410 e. The Balaban J connectivity index is 1.76. The van der Waals surface area contributed by atoms with Gasteiger partial charge in [0, 0.05) is 28.1 Å². The van der Waals surface area contributed by atoms with Gasteiger partial charge in [0.05, 0.1) is 11.7 Å². The highest BCUT2D eigenvalue weighted by Gasteiger charge is 2.53. The minimum atomic E-state index is -4.38. The van der Waals surface area contributed by atoms with Crippen molar-refractivity contribution in [1.29, 1.82) is 0 Å². The predicted octanol–water partition coefficient (Wildman–Crippen LogP) is 9.92. The quantitative estimate of drug-likeness (QED) is 0.270. The monoisotopic (exact) mass is 571 g/mol. The van der Waals surface area contributed by atoms with Crippen LogP contribution in [0.5, 0.6) is 0 Å². The molecule has 218 valence electrons. The van der Waals surface area contributed by atoms with E-state index < -0.39 is 31.8 Å². The van der Waals surface area contributed by atoms with Crippen molar-refractivity contribution < 1.29 is 22.3 Å². The van der Waals surface area contributed by atoms with E-state index in [0.29, 0.717) is 0 Å². The molecule has 2 aliphatic carbocycles. The van der Waals surface area contributed by atoms with Crippen LogP contribution in [-0.4, -0.2) is 13.3 Å². The van der Waals surface area contributed by atoms with Gasteiger partial charge in [-0.15, -0.1) is 0 Å². The molecule has 1 spiro atoms. The Labute approximate surface area is 238 Å². The van der Waals surface area contributed by atoms with Crippen LogP contribution in [0.4, 0.5) is 13.2 Å². The number of ether oxygens (including phenoxy) is 1. The van der Waals surface area contributed by atoms with Crippen LogP contribution in [0.25, 0.3) is 0 Å². The number of alkyl halides is 3. The Morgan fingerprint density at radius 3 is 2.23 bits per heavy atom. The molecule has 0 amide bonds. The number of allylic oxidation sites excluding steroid dienone is 1. The van der Waals surface area contributed by atoms with E-state index >= 15 is 0 Å². The van der Waals surface area contributed by atoms with E-state index in [4.69, 9.17) is 14.1 Å². The molecule has 2 heterocycles. The van der Waals surface area contributed by atoms with Crippen molar-refractivity contribution in [2.24, 2.45) is 5.41 Å². The van der Waals surface area contributed by atoms with Crippen LogP contribution in [0.1, 0.15) is 125 Å². The number of aromatic nitrogens is 1. The van der Waals surface area contributed by atoms with Crippen LogP contribution >= 0.6 is 0 Å². The number of nitrogens with zero attached hydrogens (tertiary/aromatic N) is 1. The van der Waals surface area contributed by atoms with Crippen molar-refractivity contribution in [3.63, 3.8) is 0 Å². The summed E-state index contributed by atoms with van der Waals surface area (Å²) < 4.78 is 54.4. The van der Waals surface area contributed by atoms with Gasteiger partial charge in [-0.05, 0) is 72.8 Å². The van der Waals surface area contributed by atoms with Crippen molar-refractivity contribution >= 4 is 8.32 Å². The van der Waals surface area contributed by atoms with Crippen molar-refractivity contribution in [1.82, 2.24) is 4.98 Å². The van der Waals surface area contributed by atoms with Crippen molar-refractivity contribution in [2.75, 3.05) is 0 Å². The molecule has 0 N–H and O–H groups in total. The second-order valence-corrected chi connectivity index (χ2v) is 19.4. The molecule has 3 atom stereocenters. The van der Waals surface area contributed by atoms with E-state index in [0.717, 1.165) is 48.2 Å². The average Bonchev–Trinajstić information content (AvgIpc) is 3.41. The van der Waals surface area contributed by atoms with Gasteiger partial charge in [-0.3, -0.25) is 4.98 Å². The van der Waals surface area contributed by atoms with Crippen molar-refractivity contribution in [3.05, 3.63) is 75.6 Å². The molecule has 3 unspecified atom stereocenters. The highest BCUT2D eigenvalue weighted by molar-refractivity contribution is 6.74. The number of rotatable bonds is 4. The zero-order valence-electron chi connectivity index (χ0n) is 25.4. The molecular formula is C33H44F3NO2Si. The van der Waals surface area contributed by atoms with E-state index in [1.807, 2.05) is 0 Å². The molecule has 1 aliphatic heterocycles. The summed E-state index contributed by atoms with van der Waals surface area (Å²) in [6, 6.07) is 5.48. The molecule has 0 fully saturated rings. The van der Waals surface area contributed by atoms with Gasteiger partial charge in [0.1, 0.15) is 11.7 Å². The molecule has 0 saturated carbocycles. The van der Waals surface area contributed by atoms with Gasteiger partial charge in [-0.1, -0.05) is 72.8 Å². The summed E-state index contributed by atoms with van der Waals surface area (Å²) in [5.74, 6) is 0.130. The second-order valence-electron chi connectivity index (χ2n) is 14.7. The number of benzene rings is 1. The first kappa shape index (κ1) is 29.5. The minimum absolute atomic E-state index is 0.0283. The summed E-state index contributed by atoms with van der Waals surface area (Å²) >= 11 is 0. The third kappa shape index (κ3) is 5.00. The number of pyridine rings is 1. The van der Waals surface area contributed by atoms with Crippen LogP contribution in [-0.2, 0) is 27.4 Å². The Bertz CT molecular complexity index is 1320. The number of fused-ring (bicyclic) bond motifs is 4. The summed E-state index contributed by atoms with van der Waals surface area (Å²) in [5, 5.41) is 0.0490. The van der Waals surface area contributed by atoms with E-state index in [1.54, 1.807) is 12.1 Å². The van der Waals surface area contributed by atoms with Gasteiger partial charge in [0.15, 0.2) is 8.32 Å². The average molecular weight is 572 g/mol. The first-order chi connectivity index (χ1) is 18.4. The molecule has 2 aromatic rings. The third-order valence-corrected chi connectivity index (χ3v) is 14.0. The molecule has 0 radical (unpaired) electrons. The molecule has 3 nitrogen and oxygen atoms in total. The lowest BCUT2D eigenvalue weighted by atomic mass is 9.70. The summed E-state index contributed by atoms with van der Waals surface area (Å²) in [5.41, 5.74) is 4.93. The zero-order valence-corrected chi connectivity index (χ0v) is 26.4. The molecule has 1 aromatic heterocycles. The standard InChI is InChI=1S/C33H44F3NO2Si/c1-20(2)28-26-27(25-23(37-28)18-31(6,7)19-24(25)39-40(8,9)30(3,4)5)32(16-10-11-17-32)38-29(26)21-12-14-22(15-13-21)33(34,35)36/h10,12-16,20,24,29H,11,17-19H2,1-9H3. The van der Waals surface area contributed by atoms with E-state index in [9.17, 15) is 13.2 Å². The van der Waals surface area contributed by atoms with Crippen LogP contribution in [0, 0.1) is 5.41 Å². The fourth-order valence-electron chi connectivity index (χ4n) is 6.46. The van der Waals surface area contributed by atoms with Gasteiger partial charge in [0.25, 0.3) is 0 Å². The SMILES string of the molecule is CC(C)c1nc2c(c3c1C(c1ccc(C(F)(F)F)cc1)OC31C=CCC1)C(O[Si](C)(C)C(C)(C)C)CC(C)(C)C2. The molecule has 3 aliphatic rings. The highest BCUT2D eigenvalue weighted by atomic mass is 28.4. The normalized spacial score (nSPS) is 26.0. The zero-order chi connectivity index (χ0) is 29.5. The maximum atomic E-state index is 13.4. The van der Waals surface area contributed by atoms with Crippen LogP contribution < -0.4 is 0 Å². The summed E-state index contributed by atoms with van der Waals surface area (Å²) in [4.78, 5) is 5.36. The van der Waals surface area contributed by atoms with E-state index in [-0.39, 0.29) is 22.5 Å². The number of hydrogen-bond donors (Lipinski definition) is 0. The lowest BCUT2D eigenvalue weighted by molar-refractivity contribution is -0.137. The van der Waals surface area contributed by atoms with Crippen LogP contribution in [0.3, 0.4) is 0 Å². The highest BCUT2D eigenvalue weighted by Crippen LogP contribution is 2.59. The first-order valence-electron chi connectivity index (χ1n) is 14.6. The largest absolute Gasteiger partial charge is 0.416 e. The molecule has 0 saturated heterocycles. The Morgan fingerprint density at radius 2 is 1.70 bits per heavy atom. The lowest BCUT2D eigenvalue weighted by Gasteiger charge is -2.45. The molecule has 0 bridgehead atoms. The fourth-order valence-corrected chi connectivity index (χ4v) is 7.73. The molecule has 5 rings (SSSR count). The second kappa shape index (κ2) is 9.53.